The Balaban J connectivity index is 1.41. The van der Waals surface area contributed by atoms with Crippen molar-refractivity contribution in [3.8, 4) is 0 Å². The van der Waals surface area contributed by atoms with E-state index in [9.17, 15) is 14.0 Å². The van der Waals surface area contributed by atoms with Crippen LogP contribution in [0.1, 0.15) is 44.1 Å². The van der Waals surface area contributed by atoms with Crippen molar-refractivity contribution in [1.29, 1.82) is 0 Å². The largest absolute Gasteiger partial charge is 0.350 e. The molecule has 6 nitrogen and oxygen atoms in total. The Morgan fingerprint density at radius 3 is 2.68 bits per heavy atom. The molecule has 0 aliphatic carbocycles. The van der Waals surface area contributed by atoms with Gasteiger partial charge in [-0.25, -0.2) is 4.39 Å². The number of aromatic nitrogens is 2. The lowest BCUT2D eigenvalue weighted by Crippen LogP contribution is -2.30. The van der Waals surface area contributed by atoms with Crippen LogP contribution in [0.15, 0.2) is 54.6 Å². The van der Waals surface area contributed by atoms with Gasteiger partial charge in [0.2, 0.25) is 0 Å². The Kier molecular flexibility index (Phi) is 6.11. The molecule has 3 aromatic rings. The number of benzene rings is 2. The number of carbonyl (C=O) groups is 2. The second kappa shape index (κ2) is 9.12. The molecule has 1 N–H and O–H groups in total. The van der Waals surface area contributed by atoms with Crippen molar-refractivity contribution < 1.29 is 14.0 Å². The molecule has 160 valence electrons. The highest BCUT2D eigenvalue weighted by atomic mass is 19.1. The van der Waals surface area contributed by atoms with Gasteiger partial charge in [0.15, 0.2) is 5.69 Å². The Bertz CT molecular complexity index is 1090. The summed E-state index contributed by atoms with van der Waals surface area (Å²) in [5.74, 6) is -0.762. The summed E-state index contributed by atoms with van der Waals surface area (Å²) < 4.78 is 14.8. The highest BCUT2D eigenvalue weighted by Gasteiger charge is 2.26. The first-order valence-electron chi connectivity index (χ1n) is 10.5. The summed E-state index contributed by atoms with van der Waals surface area (Å²) in [6.45, 7) is 4.08. The van der Waals surface area contributed by atoms with Crippen molar-refractivity contribution in [3.63, 3.8) is 0 Å². The van der Waals surface area contributed by atoms with Crippen LogP contribution in [0.3, 0.4) is 0 Å². The summed E-state index contributed by atoms with van der Waals surface area (Å²) in [6.07, 6.45) is 1.46. The Morgan fingerprint density at radius 2 is 1.90 bits per heavy atom. The molecule has 2 aromatic carbocycles. The monoisotopic (exact) mass is 420 g/mol. The fourth-order valence-electron chi connectivity index (χ4n) is 3.80. The highest BCUT2D eigenvalue weighted by molar-refractivity contribution is 5.98. The van der Waals surface area contributed by atoms with E-state index in [2.05, 4.69) is 16.5 Å². The molecule has 2 amide bonds. The Morgan fingerprint density at radius 1 is 1.13 bits per heavy atom. The molecule has 0 radical (unpaired) electrons. The topological polar surface area (TPSA) is 67.2 Å². The molecule has 1 aliphatic heterocycles. The van der Waals surface area contributed by atoms with Gasteiger partial charge in [-0.1, -0.05) is 36.4 Å². The fraction of sp³-hybridized carbons (Fsp3) is 0.292. The molecule has 0 saturated carbocycles. The molecule has 0 bridgehead atoms. The predicted octanol–water partition coefficient (Wildman–Crippen LogP) is 3.35. The third-order valence-corrected chi connectivity index (χ3v) is 5.54. The fourth-order valence-corrected chi connectivity index (χ4v) is 3.80. The van der Waals surface area contributed by atoms with Crippen molar-refractivity contribution in [3.05, 3.63) is 88.5 Å². The number of nitrogens with zero attached hydrogens (tertiary/aromatic N) is 3. The lowest BCUT2D eigenvalue weighted by atomic mass is 10.1. The van der Waals surface area contributed by atoms with Crippen molar-refractivity contribution in [1.82, 2.24) is 20.0 Å². The zero-order valence-electron chi connectivity index (χ0n) is 17.5. The molecule has 0 spiro atoms. The van der Waals surface area contributed by atoms with Crippen LogP contribution in [0, 0.1) is 12.7 Å². The Hall–Kier alpha value is -3.48. The number of amides is 2. The van der Waals surface area contributed by atoms with Crippen LogP contribution < -0.4 is 5.32 Å². The number of aryl methyl sites for hydroxylation is 2. The summed E-state index contributed by atoms with van der Waals surface area (Å²) in [4.78, 5) is 27.3. The number of halogens is 1. The van der Waals surface area contributed by atoms with E-state index in [-0.39, 0.29) is 23.3 Å². The van der Waals surface area contributed by atoms with Crippen molar-refractivity contribution in [2.75, 3.05) is 13.1 Å². The summed E-state index contributed by atoms with van der Waals surface area (Å²) in [6, 6.07) is 15.8. The molecular weight excluding hydrogens is 395 g/mol. The van der Waals surface area contributed by atoms with Gasteiger partial charge in [-0.2, -0.15) is 5.10 Å². The molecular formula is C24H25FN4O2. The van der Waals surface area contributed by atoms with Crippen LogP contribution in [-0.2, 0) is 19.5 Å². The number of hydrogen-bond acceptors (Lipinski definition) is 3. The lowest BCUT2D eigenvalue weighted by Gasteiger charge is -2.20. The Labute approximate surface area is 180 Å². The third kappa shape index (κ3) is 4.82. The van der Waals surface area contributed by atoms with Gasteiger partial charge in [0.25, 0.3) is 11.8 Å². The SMILES string of the molecule is Cc1ccccc1CCNC(=O)c1cc2n(n1)CCCN(Cc1ccc(F)cc1)C2=O. The van der Waals surface area contributed by atoms with Gasteiger partial charge in [-0.3, -0.25) is 14.3 Å². The summed E-state index contributed by atoms with van der Waals surface area (Å²) in [7, 11) is 0. The molecule has 7 heteroatoms. The van der Waals surface area contributed by atoms with E-state index in [0.29, 0.717) is 31.9 Å². The normalized spacial score (nSPS) is 13.6. The maximum Gasteiger partial charge on any atom is 0.272 e. The van der Waals surface area contributed by atoms with Crippen LogP contribution in [0.25, 0.3) is 0 Å². The van der Waals surface area contributed by atoms with Gasteiger partial charge in [-0.05, 0) is 48.6 Å². The minimum atomic E-state index is -0.304. The standard InChI is InChI=1S/C24H25FN4O2/c1-17-5-2-3-6-19(17)11-12-26-23(30)21-15-22-24(31)28(13-4-14-29(22)27-21)16-18-7-9-20(25)10-8-18/h2-3,5-10,15H,4,11-14,16H2,1H3,(H,26,30). The highest BCUT2D eigenvalue weighted by Crippen LogP contribution is 2.17. The molecule has 4 rings (SSSR count). The second-order valence-electron chi connectivity index (χ2n) is 7.78. The van der Waals surface area contributed by atoms with Gasteiger partial charge in [0.1, 0.15) is 11.5 Å². The number of rotatable bonds is 6. The number of fused-ring (bicyclic) bond motifs is 1. The quantitative estimate of drug-likeness (QED) is 0.665. The van der Waals surface area contributed by atoms with E-state index in [1.807, 2.05) is 25.1 Å². The van der Waals surface area contributed by atoms with Crippen molar-refractivity contribution >= 4 is 11.8 Å². The molecule has 0 saturated heterocycles. The van der Waals surface area contributed by atoms with Gasteiger partial charge < -0.3 is 10.2 Å². The van der Waals surface area contributed by atoms with E-state index >= 15 is 0 Å². The minimum absolute atomic E-state index is 0.173. The third-order valence-electron chi connectivity index (χ3n) is 5.54. The van der Waals surface area contributed by atoms with Crippen LogP contribution in [0.2, 0.25) is 0 Å². The van der Waals surface area contributed by atoms with Crippen LogP contribution in [-0.4, -0.2) is 39.6 Å². The van der Waals surface area contributed by atoms with Crippen LogP contribution >= 0.6 is 0 Å². The summed E-state index contributed by atoms with van der Waals surface area (Å²) in [5.41, 5.74) is 3.89. The molecule has 31 heavy (non-hydrogen) atoms. The maximum atomic E-state index is 13.2. The van der Waals surface area contributed by atoms with Crippen LogP contribution in [0.5, 0.6) is 0 Å². The number of nitrogens with one attached hydrogen (secondary N) is 1. The second-order valence-corrected chi connectivity index (χ2v) is 7.78. The van der Waals surface area contributed by atoms with Crippen molar-refractivity contribution in [2.45, 2.75) is 32.9 Å². The zero-order valence-corrected chi connectivity index (χ0v) is 17.5. The molecule has 0 unspecified atom stereocenters. The van der Waals surface area contributed by atoms with Crippen LogP contribution in [0.4, 0.5) is 4.39 Å². The molecule has 2 heterocycles. The van der Waals surface area contributed by atoms with E-state index in [1.54, 1.807) is 27.8 Å². The lowest BCUT2D eigenvalue weighted by molar-refractivity contribution is 0.0745. The van der Waals surface area contributed by atoms with E-state index in [1.165, 1.54) is 23.3 Å². The van der Waals surface area contributed by atoms with Gasteiger partial charge >= 0.3 is 0 Å². The van der Waals surface area contributed by atoms with Crippen molar-refractivity contribution in [2.24, 2.45) is 0 Å². The summed E-state index contributed by atoms with van der Waals surface area (Å²) in [5, 5.41) is 7.26. The first kappa shape index (κ1) is 20.8. The van der Waals surface area contributed by atoms with E-state index in [0.717, 1.165) is 18.4 Å². The zero-order chi connectivity index (χ0) is 21.8. The molecule has 1 aromatic heterocycles. The maximum absolute atomic E-state index is 13.2. The predicted molar refractivity (Wildman–Crippen MR) is 115 cm³/mol. The molecule has 0 atom stereocenters. The number of carbonyl (C=O) groups excluding carboxylic acids is 2. The average Bonchev–Trinajstić information content (AvgIpc) is 3.14. The van der Waals surface area contributed by atoms with E-state index in [4.69, 9.17) is 0 Å². The van der Waals surface area contributed by atoms with Gasteiger partial charge in [0, 0.05) is 32.2 Å². The average molecular weight is 420 g/mol. The van der Waals surface area contributed by atoms with Gasteiger partial charge in [-0.15, -0.1) is 0 Å². The summed E-state index contributed by atoms with van der Waals surface area (Å²) >= 11 is 0. The first-order valence-corrected chi connectivity index (χ1v) is 10.5. The van der Waals surface area contributed by atoms with E-state index < -0.39 is 0 Å². The van der Waals surface area contributed by atoms with Gasteiger partial charge in [0.05, 0.1) is 0 Å². The molecule has 0 fully saturated rings. The molecule has 1 aliphatic rings. The minimum Gasteiger partial charge on any atom is -0.350 e. The first-order chi connectivity index (χ1) is 15.0. The number of hydrogen-bond donors (Lipinski definition) is 1. The smallest absolute Gasteiger partial charge is 0.272 e.